The van der Waals surface area contributed by atoms with E-state index in [1.165, 1.54) is 17.3 Å². The number of nitrogens with zero attached hydrogens (tertiary/aromatic N) is 2. The minimum absolute atomic E-state index is 0.0107. The van der Waals surface area contributed by atoms with Gasteiger partial charge in [-0.05, 0) is 35.7 Å². The maximum atomic E-state index is 13.4. The standard InChI is InChI=1S/C23H26F2N4O3/c1-28-7-6-16-12-15(2-5-20(16)28)21(29-8-10-32-11-9-29)14-26-22(30)23(31)27-17-3-4-18(24)19(25)13-17/h2-5,12-13,21H,6-11,14H2,1H3,(H,26,30)(H,27,31)/t21-/m0/s1. The van der Waals surface area contributed by atoms with Crippen LogP contribution in [0.25, 0.3) is 0 Å². The first-order valence-corrected chi connectivity index (χ1v) is 10.6. The number of hydrogen-bond donors (Lipinski definition) is 2. The zero-order valence-electron chi connectivity index (χ0n) is 17.9. The van der Waals surface area contributed by atoms with Crippen molar-refractivity contribution >= 4 is 23.2 Å². The van der Waals surface area contributed by atoms with E-state index in [1.54, 1.807) is 0 Å². The van der Waals surface area contributed by atoms with Crippen LogP contribution in [0, 0.1) is 11.6 Å². The van der Waals surface area contributed by atoms with Crippen LogP contribution in [-0.2, 0) is 20.7 Å². The number of nitrogens with one attached hydrogen (secondary N) is 2. The van der Waals surface area contributed by atoms with Crippen LogP contribution in [0.3, 0.4) is 0 Å². The third kappa shape index (κ3) is 4.89. The second-order valence-electron chi connectivity index (χ2n) is 8.02. The van der Waals surface area contributed by atoms with Crippen LogP contribution in [0.15, 0.2) is 36.4 Å². The van der Waals surface area contributed by atoms with Gasteiger partial charge < -0.3 is 20.3 Å². The largest absolute Gasteiger partial charge is 0.379 e. The van der Waals surface area contributed by atoms with Gasteiger partial charge >= 0.3 is 11.8 Å². The van der Waals surface area contributed by atoms with E-state index in [0.29, 0.717) is 13.2 Å². The summed E-state index contributed by atoms with van der Waals surface area (Å²) in [5.41, 5.74) is 3.56. The van der Waals surface area contributed by atoms with Crippen molar-refractivity contribution in [1.29, 1.82) is 0 Å². The molecule has 0 aromatic heterocycles. The van der Waals surface area contributed by atoms with Crippen LogP contribution < -0.4 is 15.5 Å². The Bertz CT molecular complexity index is 1010. The summed E-state index contributed by atoms with van der Waals surface area (Å²) in [5.74, 6) is -3.90. The van der Waals surface area contributed by atoms with Gasteiger partial charge in [-0.25, -0.2) is 8.78 Å². The van der Waals surface area contributed by atoms with Gasteiger partial charge in [0.1, 0.15) is 0 Å². The Kier molecular flexibility index (Phi) is 6.66. The lowest BCUT2D eigenvalue weighted by atomic mass is 10.0. The molecule has 0 bridgehead atoms. The Labute approximate surface area is 185 Å². The molecule has 0 unspecified atom stereocenters. The van der Waals surface area contributed by atoms with Crippen LogP contribution in [0.4, 0.5) is 20.2 Å². The van der Waals surface area contributed by atoms with Crippen LogP contribution in [0.5, 0.6) is 0 Å². The van der Waals surface area contributed by atoms with Gasteiger partial charge in [-0.1, -0.05) is 12.1 Å². The fourth-order valence-electron chi connectivity index (χ4n) is 4.17. The molecule has 1 saturated heterocycles. The molecule has 9 heteroatoms. The van der Waals surface area contributed by atoms with Crippen molar-refractivity contribution in [3.8, 4) is 0 Å². The van der Waals surface area contributed by atoms with Gasteiger partial charge in [0, 0.05) is 50.7 Å². The minimum Gasteiger partial charge on any atom is -0.379 e. The summed E-state index contributed by atoms with van der Waals surface area (Å²) in [6, 6.07) is 9.14. The smallest absolute Gasteiger partial charge is 0.313 e. The van der Waals surface area contributed by atoms with Crippen LogP contribution >= 0.6 is 0 Å². The Balaban J connectivity index is 1.44. The van der Waals surface area contributed by atoms with E-state index in [4.69, 9.17) is 4.74 Å². The first-order chi connectivity index (χ1) is 15.4. The summed E-state index contributed by atoms with van der Waals surface area (Å²) in [4.78, 5) is 29.1. The number of morpholine rings is 1. The summed E-state index contributed by atoms with van der Waals surface area (Å²) in [6.07, 6.45) is 0.971. The molecule has 0 saturated carbocycles. The van der Waals surface area contributed by atoms with Gasteiger partial charge in [-0.2, -0.15) is 0 Å². The summed E-state index contributed by atoms with van der Waals surface area (Å²) < 4.78 is 31.9. The molecule has 170 valence electrons. The third-order valence-electron chi connectivity index (χ3n) is 5.94. The maximum absolute atomic E-state index is 13.4. The van der Waals surface area contributed by atoms with Crippen molar-refractivity contribution in [2.75, 3.05) is 56.7 Å². The summed E-state index contributed by atoms with van der Waals surface area (Å²) in [6.45, 7) is 3.86. The number of fused-ring (bicyclic) bond motifs is 1. The average Bonchev–Trinajstić information content (AvgIpc) is 3.17. The van der Waals surface area contributed by atoms with Gasteiger partial charge in [-0.15, -0.1) is 0 Å². The molecule has 2 aromatic rings. The van der Waals surface area contributed by atoms with E-state index in [0.717, 1.165) is 43.8 Å². The van der Waals surface area contributed by atoms with Gasteiger partial charge in [0.25, 0.3) is 0 Å². The maximum Gasteiger partial charge on any atom is 0.313 e. The van der Waals surface area contributed by atoms with Crippen LogP contribution in [0.1, 0.15) is 17.2 Å². The zero-order valence-corrected chi connectivity index (χ0v) is 17.9. The highest BCUT2D eigenvalue weighted by atomic mass is 19.2. The highest BCUT2D eigenvalue weighted by Gasteiger charge is 2.26. The van der Waals surface area contributed by atoms with Crippen LogP contribution in [0.2, 0.25) is 0 Å². The Morgan fingerprint density at radius 1 is 1.03 bits per heavy atom. The number of halogens is 2. The number of carbonyl (C=O) groups excluding carboxylic acids is 2. The lowest BCUT2D eigenvalue weighted by Crippen LogP contribution is -2.45. The Hall–Kier alpha value is -3.04. The van der Waals surface area contributed by atoms with Gasteiger partial charge in [0.15, 0.2) is 11.6 Å². The Morgan fingerprint density at radius 3 is 2.56 bits per heavy atom. The van der Waals surface area contributed by atoms with Gasteiger partial charge in [-0.3, -0.25) is 14.5 Å². The molecule has 0 spiro atoms. The second-order valence-corrected chi connectivity index (χ2v) is 8.02. The molecule has 0 aliphatic carbocycles. The SMILES string of the molecule is CN1CCc2cc([C@H](CNC(=O)C(=O)Nc3ccc(F)c(F)c3)N3CCOCC3)ccc21. The molecule has 1 atom stereocenters. The molecule has 2 amide bonds. The van der Waals surface area contributed by atoms with Crippen molar-refractivity contribution in [3.63, 3.8) is 0 Å². The van der Waals surface area contributed by atoms with Crippen molar-refractivity contribution in [3.05, 3.63) is 59.2 Å². The number of ether oxygens (including phenoxy) is 1. The summed E-state index contributed by atoms with van der Waals surface area (Å²) >= 11 is 0. The monoisotopic (exact) mass is 444 g/mol. The average molecular weight is 444 g/mol. The first-order valence-electron chi connectivity index (χ1n) is 10.6. The van der Waals surface area contributed by atoms with Gasteiger partial charge in [0.05, 0.1) is 19.3 Å². The molecule has 2 N–H and O–H groups in total. The van der Waals surface area contributed by atoms with Crippen molar-refractivity contribution in [2.45, 2.75) is 12.5 Å². The van der Waals surface area contributed by atoms with Crippen LogP contribution in [-0.4, -0.2) is 63.2 Å². The molecule has 2 aliphatic heterocycles. The highest BCUT2D eigenvalue weighted by Crippen LogP contribution is 2.31. The molecule has 0 radical (unpaired) electrons. The van der Waals surface area contributed by atoms with Gasteiger partial charge in [0.2, 0.25) is 0 Å². The molecule has 2 aliphatic rings. The first kappa shape index (κ1) is 22.2. The fourth-order valence-corrected chi connectivity index (χ4v) is 4.17. The highest BCUT2D eigenvalue weighted by molar-refractivity contribution is 6.39. The number of carbonyl (C=O) groups is 2. The van der Waals surface area contributed by atoms with Crippen molar-refractivity contribution in [1.82, 2.24) is 10.2 Å². The van der Waals surface area contributed by atoms with E-state index in [-0.39, 0.29) is 18.3 Å². The molecule has 32 heavy (non-hydrogen) atoms. The number of benzene rings is 2. The Morgan fingerprint density at radius 2 is 1.81 bits per heavy atom. The van der Waals surface area contributed by atoms with Crippen molar-refractivity contribution < 1.29 is 23.1 Å². The van der Waals surface area contributed by atoms with E-state index in [2.05, 4.69) is 45.7 Å². The number of rotatable bonds is 5. The minimum atomic E-state index is -1.10. The normalized spacial score (nSPS) is 17.0. The molecule has 2 aromatic carbocycles. The fraction of sp³-hybridized carbons (Fsp3) is 0.391. The quantitative estimate of drug-likeness (QED) is 0.691. The molecular weight excluding hydrogens is 418 g/mol. The summed E-state index contributed by atoms with van der Waals surface area (Å²) in [7, 11) is 2.07. The topological polar surface area (TPSA) is 73.9 Å². The van der Waals surface area contributed by atoms with Crippen molar-refractivity contribution in [2.24, 2.45) is 0 Å². The molecule has 2 heterocycles. The number of hydrogen-bond acceptors (Lipinski definition) is 5. The van der Waals surface area contributed by atoms with E-state index in [9.17, 15) is 18.4 Å². The number of anilines is 2. The lowest BCUT2D eigenvalue weighted by molar-refractivity contribution is -0.136. The molecular formula is C23H26F2N4O3. The zero-order chi connectivity index (χ0) is 22.7. The number of amides is 2. The predicted octanol–water partition coefficient (Wildman–Crippen LogP) is 2.09. The summed E-state index contributed by atoms with van der Waals surface area (Å²) in [5, 5.41) is 4.98. The third-order valence-corrected chi connectivity index (χ3v) is 5.94. The molecule has 7 nitrogen and oxygen atoms in total. The van der Waals surface area contributed by atoms with E-state index >= 15 is 0 Å². The van der Waals surface area contributed by atoms with E-state index < -0.39 is 23.4 Å². The van der Waals surface area contributed by atoms with E-state index in [1.807, 2.05) is 0 Å². The second kappa shape index (κ2) is 9.62. The number of likely N-dealkylation sites (N-methyl/N-ethyl adjacent to an activating group) is 1. The molecule has 4 rings (SSSR count). The lowest BCUT2D eigenvalue weighted by Gasteiger charge is -2.35. The molecule has 1 fully saturated rings. The predicted molar refractivity (Wildman–Crippen MR) is 117 cm³/mol.